The third-order valence-corrected chi connectivity index (χ3v) is 5.25. The summed E-state index contributed by atoms with van der Waals surface area (Å²) in [7, 11) is 1.84. The number of hydrogen-bond donors (Lipinski definition) is 2. The van der Waals surface area contributed by atoms with Gasteiger partial charge in [-0.15, -0.1) is 24.0 Å². The Bertz CT molecular complexity index is 565. The fraction of sp³-hybridized carbons (Fsp3) is 0.650. The van der Waals surface area contributed by atoms with Gasteiger partial charge in [0.1, 0.15) is 0 Å². The largest absolute Gasteiger partial charge is 0.369 e. The molecule has 0 bridgehead atoms. The van der Waals surface area contributed by atoms with Crippen molar-refractivity contribution >= 4 is 47.2 Å². The predicted octanol–water partition coefficient (Wildman–Crippen LogP) is 3.82. The van der Waals surface area contributed by atoms with Crippen LogP contribution in [0.1, 0.15) is 33.1 Å². The lowest BCUT2D eigenvalue weighted by Crippen LogP contribution is -2.45. The van der Waals surface area contributed by atoms with Crippen LogP contribution in [0.4, 0.5) is 5.69 Å². The number of nitrogens with one attached hydrogen (secondary N) is 2. The zero-order valence-corrected chi connectivity index (χ0v) is 20.0. The fourth-order valence-corrected chi connectivity index (χ4v) is 3.56. The van der Waals surface area contributed by atoms with E-state index in [2.05, 4.69) is 45.3 Å². The monoisotopic (exact) mass is 507 g/mol. The first-order valence-corrected chi connectivity index (χ1v) is 10.2. The van der Waals surface area contributed by atoms with E-state index in [9.17, 15) is 0 Å². The Kier molecular flexibility index (Phi) is 12.1. The fourth-order valence-electron chi connectivity index (χ4n) is 3.38. The molecule has 1 aliphatic heterocycles. The summed E-state index contributed by atoms with van der Waals surface area (Å²) in [5, 5.41) is 7.80. The van der Waals surface area contributed by atoms with Crippen molar-refractivity contribution in [3.63, 3.8) is 0 Å². The molecule has 1 saturated heterocycles. The third kappa shape index (κ3) is 8.44. The molecule has 0 saturated carbocycles. The first-order chi connectivity index (χ1) is 12.7. The van der Waals surface area contributed by atoms with Crippen molar-refractivity contribution in [1.29, 1.82) is 0 Å². The Hall–Kier alpha value is -0.730. The number of rotatable bonds is 9. The van der Waals surface area contributed by atoms with Crippen molar-refractivity contribution in [3.05, 3.63) is 29.3 Å². The lowest BCUT2D eigenvalue weighted by atomic mass is 10.2. The molecule has 1 aromatic carbocycles. The van der Waals surface area contributed by atoms with Crippen molar-refractivity contribution in [3.8, 4) is 0 Å². The minimum atomic E-state index is 0. The van der Waals surface area contributed by atoms with E-state index in [0.717, 1.165) is 56.5 Å². The van der Waals surface area contributed by atoms with E-state index in [-0.39, 0.29) is 24.0 Å². The second-order valence-electron chi connectivity index (χ2n) is 6.79. The first kappa shape index (κ1) is 24.3. The average Bonchev–Trinajstić information content (AvgIpc) is 3.12. The van der Waals surface area contributed by atoms with E-state index in [1.165, 1.54) is 18.7 Å². The van der Waals surface area contributed by atoms with Gasteiger partial charge in [-0.25, -0.2) is 0 Å². The van der Waals surface area contributed by atoms with Gasteiger partial charge in [0, 0.05) is 43.4 Å². The number of guanidine groups is 1. The molecule has 154 valence electrons. The maximum atomic E-state index is 6.11. The van der Waals surface area contributed by atoms with Gasteiger partial charge < -0.3 is 20.4 Å². The number of nitrogens with zero attached hydrogens (tertiary/aromatic N) is 3. The molecule has 2 rings (SSSR count). The van der Waals surface area contributed by atoms with Crippen molar-refractivity contribution in [2.75, 3.05) is 51.2 Å². The maximum absolute atomic E-state index is 6.11. The van der Waals surface area contributed by atoms with Crippen molar-refractivity contribution < 1.29 is 0 Å². The van der Waals surface area contributed by atoms with Crippen LogP contribution in [-0.4, -0.2) is 63.2 Å². The van der Waals surface area contributed by atoms with Gasteiger partial charge in [-0.05, 0) is 57.1 Å². The van der Waals surface area contributed by atoms with Crippen molar-refractivity contribution in [2.24, 2.45) is 4.99 Å². The zero-order valence-electron chi connectivity index (χ0n) is 16.9. The molecular weight excluding hydrogens is 473 g/mol. The van der Waals surface area contributed by atoms with Crippen molar-refractivity contribution in [1.82, 2.24) is 15.5 Å². The molecule has 0 aromatic heterocycles. The molecule has 1 aromatic rings. The minimum Gasteiger partial charge on any atom is -0.369 e. The lowest BCUT2D eigenvalue weighted by Gasteiger charge is -2.21. The van der Waals surface area contributed by atoms with E-state index in [1.54, 1.807) is 0 Å². The molecule has 7 heteroatoms. The molecule has 1 unspecified atom stereocenters. The standard InChI is InChI=1S/C20H34ClN5.HI/c1-4-25(5-2)13-7-6-12-23-20(22-3)24-18-11-14-26(16-18)19-10-8-9-17(21)15-19;/h8-10,15,18H,4-7,11-14,16H2,1-3H3,(H2,22,23,24);1H. The van der Waals surface area contributed by atoms with Crippen LogP contribution in [0, 0.1) is 0 Å². The highest BCUT2D eigenvalue weighted by molar-refractivity contribution is 14.0. The van der Waals surface area contributed by atoms with Crippen LogP contribution in [0.3, 0.4) is 0 Å². The predicted molar refractivity (Wildman–Crippen MR) is 129 cm³/mol. The lowest BCUT2D eigenvalue weighted by molar-refractivity contribution is 0.297. The van der Waals surface area contributed by atoms with Crippen LogP contribution in [0.25, 0.3) is 0 Å². The van der Waals surface area contributed by atoms with E-state index < -0.39 is 0 Å². The van der Waals surface area contributed by atoms with Gasteiger partial charge in [0.2, 0.25) is 0 Å². The second kappa shape index (κ2) is 13.4. The van der Waals surface area contributed by atoms with Gasteiger partial charge in [0.25, 0.3) is 0 Å². The molecule has 1 fully saturated rings. The molecule has 5 nitrogen and oxygen atoms in total. The summed E-state index contributed by atoms with van der Waals surface area (Å²) in [5.74, 6) is 0.908. The molecule has 27 heavy (non-hydrogen) atoms. The molecule has 0 aliphatic carbocycles. The number of benzene rings is 1. The molecule has 1 heterocycles. The Labute approximate surface area is 186 Å². The third-order valence-electron chi connectivity index (χ3n) is 5.01. The molecule has 0 amide bonds. The summed E-state index contributed by atoms with van der Waals surface area (Å²) >= 11 is 6.11. The molecule has 0 spiro atoms. The van der Waals surface area contributed by atoms with Crippen LogP contribution < -0.4 is 15.5 Å². The van der Waals surface area contributed by atoms with Gasteiger partial charge in [0.15, 0.2) is 5.96 Å². The van der Waals surface area contributed by atoms with Crippen LogP contribution in [0.2, 0.25) is 5.02 Å². The number of anilines is 1. The summed E-state index contributed by atoms with van der Waals surface area (Å²) < 4.78 is 0. The molecule has 0 radical (unpaired) electrons. The van der Waals surface area contributed by atoms with E-state index >= 15 is 0 Å². The van der Waals surface area contributed by atoms with Crippen LogP contribution in [-0.2, 0) is 0 Å². The van der Waals surface area contributed by atoms with E-state index in [4.69, 9.17) is 11.6 Å². The second-order valence-corrected chi connectivity index (χ2v) is 7.23. The normalized spacial score (nSPS) is 17.1. The summed E-state index contributed by atoms with van der Waals surface area (Å²) in [6.45, 7) is 10.9. The Morgan fingerprint density at radius 2 is 2.07 bits per heavy atom. The van der Waals surface area contributed by atoms with Gasteiger partial charge in [-0.2, -0.15) is 0 Å². The van der Waals surface area contributed by atoms with Gasteiger partial charge in [0.05, 0.1) is 0 Å². The maximum Gasteiger partial charge on any atom is 0.191 e. The zero-order chi connectivity index (χ0) is 18.8. The van der Waals surface area contributed by atoms with E-state index in [1.807, 2.05) is 25.2 Å². The Balaban J connectivity index is 0.00000364. The highest BCUT2D eigenvalue weighted by Crippen LogP contribution is 2.23. The smallest absolute Gasteiger partial charge is 0.191 e. The SMILES string of the molecule is CCN(CC)CCCCNC(=NC)NC1CCN(c2cccc(Cl)c2)C1.I. The molecule has 1 atom stereocenters. The first-order valence-electron chi connectivity index (χ1n) is 9.86. The molecular formula is C20H35ClIN5. The number of unbranched alkanes of at least 4 members (excludes halogenated alkanes) is 1. The van der Waals surface area contributed by atoms with Gasteiger partial charge in [-0.3, -0.25) is 4.99 Å². The van der Waals surface area contributed by atoms with Crippen molar-refractivity contribution in [2.45, 2.75) is 39.2 Å². The average molecular weight is 508 g/mol. The number of aliphatic imine (C=N–C) groups is 1. The minimum absolute atomic E-state index is 0. The Morgan fingerprint density at radius 3 is 2.74 bits per heavy atom. The quantitative estimate of drug-likeness (QED) is 0.231. The van der Waals surface area contributed by atoms with Crippen LogP contribution >= 0.6 is 35.6 Å². The molecule has 2 N–H and O–H groups in total. The van der Waals surface area contributed by atoms with Crippen LogP contribution in [0.15, 0.2) is 29.3 Å². The topological polar surface area (TPSA) is 42.9 Å². The summed E-state index contributed by atoms with van der Waals surface area (Å²) in [6.07, 6.45) is 3.49. The van der Waals surface area contributed by atoms with Gasteiger partial charge in [-0.1, -0.05) is 31.5 Å². The molecule has 1 aliphatic rings. The van der Waals surface area contributed by atoms with E-state index in [0.29, 0.717) is 6.04 Å². The Morgan fingerprint density at radius 1 is 1.30 bits per heavy atom. The summed E-state index contributed by atoms with van der Waals surface area (Å²) in [4.78, 5) is 9.22. The van der Waals surface area contributed by atoms with Gasteiger partial charge >= 0.3 is 0 Å². The number of halogens is 2. The number of hydrogen-bond acceptors (Lipinski definition) is 3. The summed E-state index contributed by atoms with van der Waals surface area (Å²) in [5.41, 5.74) is 1.20. The highest BCUT2D eigenvalue weighted by atomic mass is 127. The van der Waals surface area contributed by atoms with Crippen LogP contribution in [0.5, 0.6) is 0 Å². The summed E-state index contributed by atoms with van der Waals surface area (Å²) in [6, 6.07) is 8.50. The highest BCUT2D eigenvalue weighted by Gasteiger charge is 2.23.